The third kappa shape index (κ3) is 7.86. The van der Waals surface area contributed by atoms with E-state index in [1.54, 1.807) is 0 Å². The Morgan fingerprint density at radius 1 is 0.787 bits per heavy atom. The molecule has 1 fully saturated rings. The van der Waals surface area contributed by atoms with E-state index >= 15 is 0 Å². The van der Waals surface area contributed by atoms with Crippen molar-refractivity contribution in [3.63, 3.8) is 0 Å². The monoisotopic (exact) mass is 700 g/mol. The van der Waals surface area contributed by atoms with Gasteiger partial charge in [0.15, 0.2) is 48.2 Å². The Morgan fingerprint density at radius 3 is 1.85 bits per heavy atom. The van der Waals surface area contributed by atoms with Crippen molar-refractivity contribution in [1.82, 2.24) is 19.5 Å². The van der Waals surface area contributed by atoms with Crippen molar-refractivity contribution < 1.29 is 18.0 Å². The van der Waals surface area contributed by atoms with Gasteiger partial charge in [-0.25, -0.2) is 15.0 Å². The average Bonchev–Trinajstić information content (AvgIpc) is 3.43. The topological polar surface area (TPSA) is 119 Å². The van der Waals surface area contributed by atoms with Crippen molar-refractivity contribution in [3.8, 4) is 0 Å². The van der Waals surface area contributed by atoms with Crippen LogP contribution in [0.15, 0.2) is 36.7 Å². The first-order valence-corrected chi connectivity index (χ1v) is 25.5. The Balaban J connectivity index is 1.93. The molecule has 0 aliphatic carbocycles. The molecule has 0 spiro atoms. The molecular formula is C34H60N6O4Si3. The smallest absolute Gasteiger partial charge is 0.212 e. The summed E-state index contributed by atoms with van der Waals surface area (Å²) in [5, 5.41) is 3.47. The minimum Gasteiger partial charge on any atom is -0.414 e. The number of imidazole rings is 1. The summed E-state index contributed by atoms with van der Waals surface area (Å²) in [4.78, 5) is 13.9. The van der Waals surface area contributed by atoms with E-state index in [-0.39, 0.29) is 27.3 Å². The minimum absolute atomic E-state index is 0.0269. The molecule has 0 bridgehead atoms. The first-order valence-electron chi connectivity index (χ1n) is 16.8. The zero-order valence-corrected chi connectivity index (χ0v) is 34.5. The van der Waals surface area contributed by atoms with Crippen LogP contribution in [0.3, 0.4) is 0 Å². The summed E-state index contributed by atoms with van der Waals surface area (Å²) >= 11 is 0. The summed E-state index contributed by atoms with van der Waals surface area (Å²) in [5.74, 6) is 0.848. The van der Waals surface area contributed by atoms with Crippen molar-refractivity contribution in [2.45, 2.75) is 141 Å². The summed E-state index contributed by atoms with van der Waals surface area (Å²) < 4.78 is 30.8. The van der Waals surface area contributed by atoms with E-state index in [9.17, 15) is 0 Å². The SMILES string of the molecule is CC(C)(C)[Si](C)(C)OC[C@H]1OC(n2c(Nc3ccccc3)nc3c(N)ncnc32)[C@H](O[Si](C)(C)C(C)(C)C)[C@@H]1O[Si](C)(C)C(C)(C)C. The molecule has 2 aromatic heterocycles. The van der Waals surface area contributed by atoms with E-state index in [0.29, 0.717) is 29.5 Å². The molecule has 13 heteroatoms. The van der Waals surface area contributed by atoms with Crippen molar-refractivity contribution >= 4 is 53.6 Å². The van der Waals surface area contributed by atoms with Crippen LogP contribution in [0.25, 0.3) is 11.2 Å². The number of rotatable bonds is 10. The quantitative estimate of drug-likeness (QED) is 0.200. The maximum absolute atomic E-state index is 7.40. The molecule has 47 heavy (non-hydrogen) atoms. The number of para-hydroxylation sites is 1. The lowest BCUT2D eigenvalue weighted by molar-refractivity contribution is -0.0460. The molecule has 3 heterocycles. The van der Waals surface area contributed by atoms with Crippen LogP contribution in [0.2, 0.25) is 54.4 Å². The van der Waals surface area contributed by atoms with Gasteiger partial charge in [-0.05, 0) is 66.5 Å². The van der Waals surface area contributed by atoms with Gasteiger partial charge in [0.1, 0.15) is 24.6 Å². The molecule has 10 nitrogen and oxygen atoms in total. The summed E-state index contributed by atoms with van der Waals surface area (Å²) in [6, 6.07) is 9.94. The Morgan fingerprint density at radius 2 is 1.32 bits per heavy atom. The molecule has 262 valence electrons. The number of benzene rings is 1. The number of nitrogens with two attached hydrogens (primary N) is 1. The fourth-order valence-corrected chi connectivity index (χ4v) is 8.38. The van der Waals surface area contributed by atoms with Crippen molar-refractivity contribution in [2.75, 3.05) is 17.7 Å². The molecule has 3 aromatic rings. The summed E-state index contributed by atoms with van der Waals surface area (Å²) in [6.45, 7) is 34.4. The average molecular weight is 701 g/mol. The maximum Gasteiger partial charge on any atom is 0.212 e. The fraction of sp³-hybridized carbons (Fsp3) is 0.676. The fourth-order valence-electron chi connectivity index (χ4n) is 4.76. The lowest BCUT2D eigenvalue weighted by Gasteiger charge is -2.44. The molecule has 1 saturated heterocycles. The second kappa shape index (κ2) is 13.0. The molecule has 1 aromatic carbocycles. The highest BCUT2D eigenvalue weighted by atomic mass is 28.4. The molecule has 1 aliphatic rings. The highest BCUT2D eigenvalue weighted by Gasteiger charge is 2.55. The van der Waals surface area contributed by atoms with E-state index in [2.05, 4.69) is 112 Å². The molecule has 0 amide bonds. The molecule has 1 unspecified atom stereocenters. The molecule has 1 aliphatic heterocycles. The lowest BCUT2D eigenvalue weighted by Crippen LogP contribution is -2.54. The standard InChI is InChI=1S/C34H60N6O4Si3/c1-32(2,3)45(10,11)41-21-24-26(43-46(12,13)33(4,5)6)27(44-47(14,15)34(7,8)9)30(42-24)40-29-25(28(35)36-22-37-29)39-31(40)38-23-19-17-16-18-20-23/h16-20,22,24,26-27,30H,21H2,1-15H3,(H,38,39)(H2,35,36,37)/t24-,26-,27-,30?/m1/s1. The second-order valence-corrected chi connectivity index (χ2v) is 31.9. The Hall–Kier alpha value is -2.14. The van der Waals surface area contributed by atoms with E-state index < -0.39 is 37.3 Å². The van der Waals surface area contributed by atoms with Gasteiger partial charge >= 0.3 is 0 Å². The number of nitrogens with zero attached hydrogens (tertiary/aromatic N) is 4. The number of anilines is 3. The van der Waals surface area contributed by atoms with Gasteiger partial charge in [0.05, 0.1) is 6.61 Å². The van der Waals surface area contributed by atoms with Crippen LogP contribution in [-0.2, 0) is 18.0 Å². The Bertz CT molecular complexity index is 1530. The van der Waals surface area contributed by atoms with E-state index in [1.807, 2.05) is 34.9 Å². The van der Waals surface area contributed by atoms with Crippen LogP contribution in [0.1, 0.15) is 68.5 Å². The van der Waals surface area contributed by atoms with Crippen LogP contribution in [0, 0.1) is 0 Å². The van der Waals surface area contributed by atoms with Gasteiger partial charge < -0.3 is 29.1 Å². The zero-order chi connectivity index (χ0) is 35.4. The number of aromatic nitrogens is 4. The molecule has 4 atom stereocenters. The van der Waals surface area contributed by atoms with Gasteiger partial charge in [-0.15, -0.1) is 0 Å². The van der Waals surface area contributed by atoms with Crippen LogP contribution >= 0.6 is 0 Å². The van der Waals surface area contributed by atoms with E-state index in [1.165, 1.54) is 6.33 Å². The third-order valence-corrected chi connectivity index (χ3v) is 24.4. The first kappa shape index (κ1) is 37.7. The zero-order valence-electron chi connectivity index (χ0n) is 31.5. The predicted octanol–water partition coefficient (Wildman–Crippen LogP) is 8.85. The van der Waals surface area contributed by atoms with Gasteiger partial charge in [0.2, 0.25) is 5.95 Å². The van der Waals surface area contributed by atoms with Crippen molar-refractivity contribution in [3.05, 3.63) is 36.7 Å². The number of ether oxygens (including phenoxy) is 1. The summed E-state index contributed by atoms with van der Waals surface area (Å²) in [6.07, 6.45) is -0.400. The molecule has 0 radical (unpaired) electrons. The Labute approximate surface area is 285 Å². The predicted molar refractivity (Wildman–Crippen MR) is 201 cm³/mol. The van der Waals surface area contributed by atoms with Crippen molar-refractivity contribution in [2.24, 2.45) is 0 Å². The Kier molecular flexibility index (Phi) is 10.4. The van der Waals surface area contributed by atoms with Gasteiger partial charge in [-0.1, -0.05) is 80.5 Å². The highest BCUT2D eigenvalue weighted by Crippen LogP contribution is 2.48. The summed E-state index contributed by atoms with van der Waals surface area (Å²) in [7, 11) is -6.80. The number of hydrogen-bond donors (Lipinski definition) is 2. The number of nitrogens with one attached hydrogen (secondary N) is 1. The minimum atomic E-state index is -2.36. The van der Waals surface area contributed by atoms with Crippen LogP contribution in [-0.4, -0.2) is 69.4 Å². The van der Waals surface area contributed by atoms with Crippen molar-refractivity contribution in [1.29, 1.82) is 0 Å². The number of nitrogen functional groups attached to an aromatic ring is 1. The normalized spacial score (nSPS) is 21.9. The van der Waals surface area contributed by atoms with Gasteiger partial charge in [-0.3, -0.25) is 4.57 Å². The van der Waals surface area contributed by atoms with E-state index in [4.69, 9.17) is 33.7 Å². The van der Waals surface area contributed by atoms with Gasteiger partial charge in [-0.2, -0.15) is 0 Å². The molecule has 0 saturated carbocycles. The molecular weight excluding hydrogens is 641 g/mol. The van der Waals surface area contributed by atoms with Crippen LogP contribution in [0.4, 0.5) is 17.5 Å². The molecule has 3 N–H and O–H groups in total. The summed E-state index contributed by atoms with van der Waals surface area (Å²) in [5.41, 5.74) is 8.34. The maximum atomic E-state index is 7.40. The van der Waals surface area contributed by atoms with Crippen LogP contribution in [0.5, 0.6) is 0 Å². The lowest BCUT2D eigenvalue weighted by atomic mass is 10.1. The largest absolute Gasteiger partial charge is 0.414 e. The third-order valence-electron chi connectivity index (χ3n) is 11.0. The van der Waals surface area contributed by atoms with E-state index in [0.717, 1.165) is 5.69 Å². The first-order chi connectivity index (χ1) is 21.4. The van der Waals surface area contributed by atoms with Crippen LogP contribution < -0.4 is 11.1 Å². The number of hydrogen-bond acceptors (Lipinski definition) is 9. The van der Waals surface area contributed by atoms with Gasteiger partial charge in [0, 0.05) is 5.69 Å². The molecule has 4 rings (SSSR count). The number of fused-ring (bicyclic) bond motifs is 1. The second-order valence-electron chi connectivity index (χ2n) is 17.5. The highest BCUT2D eigenvalue weighted by molar-refractivity contribution is 6.75. The van der Waals surface area contributed by atoms with Gasteiger partial charge in [0.25, 0.3) is 0 Å².